The van der Waals surface area contributed by atoms with E-state index in [1.807, 2.05) is 30.3 Å². The van der Waals surface area contributed by atoms with Gasteiger partial charge < -0.3 is 19.2 Å². The largest absolute Gasteiger partial charge is 0.507 e. The summed E-state index contributed by atoms with van der Waals surface area (Å²) in [4.78, 5) is 14.2. The molecule has 0 spiro atoms. The van der Waals surface area contributed by atoms with E-state index in [9.17, 15) is 9.90 Å². The molecule has 0 amide bonds. The first-order valence-corrected chi connectivity index (χ1v) is 8.47. The Hall–Kier alpha value is -2.63. The van der Waals surface area contributed by atoms with Crippen molar-refractivity contribution < 1.29 is 19.2 Å². The van der Waals surface area contributed by atoms with Crippen LogP contribution in [0.1, 0.15) is 5.56 Å². The van der Waals surface area contributed by atoms with Crippen LogP contribution in [0.15, 0.2) is 57.9 Å². The van der Waals surface area contributed by atoms with E-state index in [0.717, 1.165) is 18.7 Å². The van der Waals surface area contributed by atoms with Gasteiger partial charge in [-0.3, -0.25) is 4.79 Å². The van der Waals surface area contributed by atoms with E-state index in [4.69, 9.17) is 9.15 Å². The zero-order valence-corrected chi connectivity index (χ0v) is 13.8. The molecule has 0 saturated carbocycles. The molecule has 0 radical (unpaired) electrons. The fraction of sp³-hybridized carbons (Fsp3) is 0.250. The third-order valence-corrected chi connectivity index (χ3v) is 4.73. The number of hydrogen-bond donors (Lipinski definition) is 2. The number of phenolic OH excluding ortho intramolecular Hbond substituents is 1. The minimum absolute atomic E-state index is 0.0781. The number of aromatic hydroxyl groups is 1. The van der Waals surface area contributed by atoms with Gasteiger partial charge in [-0.15, -0.1) is 0 Å². The van der Waals surface area contributed by atoms with E-state index >= 15 is 0 Å². The molecule has 1 aromatic heterocycles. The highest BCUT2D eigenvalue weighted by molar-refractivity contribution is 5.85. The first-order valence-electron chi connectivity index (χ1n) is 8.47. The molecule has 25 heavy (non-hydrogen) atoms. The van der Waals surface area contributed by atoms with Crippen LogP contribution in [-0.2, 0) is 11.3 Å². The highest BCUT2D eigenvalue weighted by atomic mass is 16.5. The van der Waals surface area contributed by atoms with Crippen molar-refractivity contribution in [3.05, 3.63) is 64.5 Å². The molecular weight excluding hydrogens is 318 g/mol. The third kappa shape index (κ3) is 3.04. The fourth-order valence-electron chi connectivity index (χ4n) is 3.32. The predicted octanol–water partition coefficient (Wildman–Crippen LogP) is 1.58. The zero-order valence-electron chi connectivity index (χ0n) is 13.8. The van der Waals surface area contributed by atoms with Crippen LogP contribution < -0.4 is 10.3 Å². The fourth-order valence-corrected chi connectivity index (χ4v) is 3.32. The van der Waals surface area contributed by atoms with E-state index in [1.165, 1.54) is 11.2 Å². The molecule has 0 unspecified atom stereocenters. The lowest BCUT2D eigenvalue weighted by molar-refractivity contribution is -0.921. The number of morpholine rings is 1. The van der Waals surface area contributed by atoms with Gasteiger partial charge in [0.25, 0.3) is 0 Å². The van der Waals surface area contributed by atoms with Crippen molar-refractivity contribution in [1.29, 1.82) is 0 Å². The Morgan fingerprint density at radius 1 is 1.04 bits per heavy atom. The Labute approximate surface area is 145 Å². The molecule has 4 rings (SSSR count). The van der Waals surface area contributed by atoms with Crippen LogP contribution in [0.5, 0.6) is 5.75 Å². The second-order valence-corrected chi connectivity index (χ2v) is 6.32. The highest BCUT2D eigenvalue weighted by Gasteiger charge is 2.21. The molecule has 2 N–H and O–H groups in total. The molecule has 0 bridgehead atoms. The Morgan fingerprint density at radius 2 is 1.80 bits per heavy atom. The Balaban J connectivity index is 1.80. The van der Waals surface area contributed by atoms with E-state index in [1.54, 1.807) is 12.1 Å². The number of fused-ring (bicyclic) bond motifs is 1. The minimum atomic E-state index is -0.0781. The number of quaternary nitrogens is 1. The normalized spacial score (nSPS) is 15.5. The topological polar surface area (TPSA) is 64.1 Å². The van der Waals surface area contributed by atoms with Crippen LogP contribution in [0.2, 0.25) is 0 Å². The van der Waals surface area contributed by atoms with E-state index < -0.39 is 0 Å². The maximum atomic E-state index is 12.9. The van der Waals surface area contributed by atoms with E-state index in [-0.39, 0.29) is 11.2 Å². The monoisotopic (exact) mass is 338 g/mol. The molecule has 5 nitrogen and oxygen atoms in total. The number of hydrogen-bond acceptors (Lipinski definition) is 4. The molecule has 0 aliphatic carbocycles. The number of phenols is 1. The number of nitrogens with one attached hydrogen (secondary N) is 1. The first-order chi connectivity index (χ1) is 12.2. The van der Waals surface area contributed by atoms with Gasteiger partial charge in [-0.2, -0.15) is 0 Å². The predicted molar refractivity (Wildman–Crippen MR) is 94.8 cm³/mol. The Bertz CT molecular complexity index is 943. The van der Waals surface area contributed by atoms with Gasteiger partial charge in [0.15, 0.2) is 0 Å². The van der Waals surface area contributed by atoms with Crippen LogP contribution in [0, 0.1) is 0 Å². The smallest absolute Gasteiger partial charge is 0.200 e. The second kappa shape index (κ2) is 6.70. The molecule has 5 heteroatoms. The lowest BCUT2D eigenvalue weighted by Gasteiger charge is -2.24. The van der Waals surface area contributed by atoms with Crippen LogP contribution >= 0.6 is 0 Å². The van der Waals surface area contributed by atoms with Crippen molar-refractivity contribution in [2.75, 3.05) is 26.3 Å². The molecule has 2 heterocycles. The van der Waals surface area contributed by atoms with Crippen molar-refractivity contribution >= 4 is 11.0 Å². The van der Waals surface area contributed by atoms with Crippen LogP contribution in [-0.4, -0.2) is 31.4 Å². The summed E-state index contributed by atoms with van der Waals surface area (Å²) in [5.41, 5.74) is 2.44. The summed E-state index contributed by atoms with van der Waals surface area (Å²) in [6, 6.07) is 12.7. The molecule has 128 valence electrons. The summed E-state index contributed by atoms with van der Waals surface area (Å²) in [5.74, 6) is 0.169. The lowest BCUT2D eigenvalue weighted by atomic mass is 10.0. The third-order valence-electron chi connectivity index (χ3n) is 4.73. The van der Waals surface area contributed by atoms with Gasteiger partial charge in [-0.25, -0.2) is 0 Å². The molecular formula is C20H20NO4+. The molecule has 1 aliphatic heterocycles. The van der Waals surface area contributed by atoms with Crippen LogP contribution in [0.3, 0.4) is 0 Å². The standard InChI is InChI=1S/C20H19NO4/c22-18-7-6-15-19(23)17(14-4-2-1-3-5-14)13-25-20(15)16(18)12-21-8-10-24-11-9-21/h1-7,13,22H,8-12H2/p+1. The van der Waals surface area contributed by atoms with Crippen LogP contribution in [0.4, 0.5) is 0 Å². The van der Waals surface area contributed by atoms with Crippen molar-refractivity contribution in [2.24, 2.45) is 0 Å². The van der Waals surface area contributed by atoms with Gasteiger partial charge in [0.1, 0.15) is 37.2 Å². The molecule has 1 saturated heterocycles. The second-order valence-electron chi connectivity index (χ2n) is 6.32. The van der Waals surface area contributed by atoms with E-state index in [2.05, 4.69) is 0 Å². The molecule has 0 atom stereocenters. The van der Waals surface area contributed by atoms with Gasteiger partial charge in [0, 0.05) is 0 Å². The van der Waals surface area contributed by atoms with Gasteiger partial charge in [-0.05, 0) is 17.7 Å². The van der Waals surface area contributed by atoms with Gasteiger partial charge >= 0.3 is 0 Å². The zero-order chi connectivity index (χ0) is 17.2. The average Bonchev–Trinajstić information content (AvgIpc) is 2.66. The summed E-state index contributed by atoms with van der Waals surface area (Å²) < 4.78 is 11.2. The SMILES string of the molecule is O=c1c(-c2ccccc2)coc2c(C[NH+]3CCOCC3)c(O)ccc12. The Morgan fingerprint density at radius 3 is 2.56 bits per heavy atom. The summed E-state index contributed by atoms with van der Waals surface area (Å²) in [5, 5.41) is 10.8. The van der Waals surface area contributed by atoms with E-state index in [0.29, 0.717) is 41.9 Å². The van der Waals surface area contributed by atoms with Crippen molar-refractivity contribution in [3.63, 3.8) is 0 Å². The van der Waals surface area contributed by atoms with Crippen molar-refractivity contribution in [2.45, 2.75) is 6.54 Å². The maximum absolute atomic E-state index is 12.9. The maximum Gasteiger partial charge on any atom is 0.200 e. The molecule has 2 aromatic carbocycles. The summed E-state index contributed by atoms with van der Waals surface area (Å²) in [6.45, 7) is 3.79. The van der Waals surface area contributed by atoms with Gasteiger partial charge in [-0.1, -0.05) is 30.3 Å². The summed E-state index contributed by atoms with van der Waals surface area (Å²) >= 11 is 0. The van der Waals surface area contributed by atoms with Crippen molar-refractivity contribution in [1.82, 2.24) is 0 Å². The van der Waals surface area contributed by atoms with Crippen molar-refractivity contribution in [3.8, 4) is 16.9 Å². The summed E-state index contributed by atoms with van der Waals surface area (Å²) in [7, 11) is 0. The molecule has 1 aliphatic rings. The lowest BCUT2D eigenvalue weighted by Crippen LogP contribution is -3.12. The number of ether oxygens (including phenoxy) is 1. The molecule has 3 aromatic rings. The van der Waals surface area contributed by atoms with Gasteiger partial charge in [0.05, 0.1) is 29.7 Å². The molecule has 1 fully saturated rings. The van der Waals surface area contributed by atoms with Crippen LogP contribution in [0.25, 0.3) is 22.1 Å². The quantitative estimate of drug-likeness (QED) is 0.761. The highest BCUT2D eigenvalue weighted by Crippen LogP contribution is 2.27. The first kappa shape index (κ1) is 15.9. The average molecular weight is 338 g/mol. The number of rotatable bonds is 3. The summed E-state index contributed by atoms with van der Waals surface area (Å²) in [6.07, 6.45) is 1.50. The number of benzene rings is 2. The Kier molecular flexibility index (Phi) is 4.26. The minimum Gasteiger partial charge on any atom is -0.507 e. The van der Waals surface area contributed by atoms with Gasteiger partial charge in [0.2, 0.25) is 5.43 Å².